The lowest BCUT2D eigenvalue weighted by Gasteiger charge is -2.36. The van der Waals surface area contributed by atoms with Gasteiger partial charge in [-0.1, -0.05) is 44.2 Å². The topological polar surface area (TPSA) is 42.2 Å². The van der Waals surface area contributed by atoms with E-state index in [0.29, 0.717) is 11.5 Å². The van der Waals surface area contributed by atoms with Gasteiger partial charge in [-0.2, -0.15) is 5.26 Å². The van der Waals surface area contributed by atoms with E-state index in [1.165, 1.54) is 32.1 Å². The van der Waals surface area contributed by atoms with Gasteiger partial charge < -0.3 is 9.47 Å². The molecule has 1 aliphatic carbocycles. The fraction of sp³-hybridized carbons (Fsp3) is 0.588. The number of ether oxygens (including phenoxy) is 2. The van der Waals surface area contributed by atoms with Crippen molar-refractivity contribution in [2.45, 2.75) is 38.4 Å². The van der Waals surface area contributed by atoms with Crippen molar-refractivity contribution in [1.82, 2.24) is 0 Å². The van der Waals surface area contributed by atoms with Crippen molar-refractivity contribution < 1.29 is 9.47 Å². The van der Waals surface area contributed by atoms with Gasteiger partial charge in [-0.25, -0.2) is 0 Å². The maximum atomic E-state index is 8.81. The predicted molar refractivity (Wildman–Crippen MR) is 75.9 cm³/mol. The maximum absolute atomic E-state index is 8.81. The Balaban J connectivity index is 1.56. The summed E-state index contributed by atoms with van der Waals surface area (Å²) in [5, 5.41) is 8.81. The van der Waals surface area contributed by atoms with Crippen LogP contribution in [0, 0.1) is 23.2 Å². The van der Waals surface area contributed by atoms with Gasteiger partial charge in [0.05, 0.1) is 24.8 Å². The molecule has 2 fully saturated rings. The van der Waals surface area contributed by atoms with Gasteiger partial charge in [0.1, 0.15) is 0 Å². The number of rotatable bonds is 2. The second-order valence-electron chi connectivity index (χ2n) is 5.89. The van der Waals surface area contributed by atoms with Gasteiger partial charge in [0.25, 0.3) is 0 Å². The third kappa shape index (κ3) is 3.03. The summed E-state index contributed by atoms with van der Waals surface area (Å²) < 4.78 is 11.8. The molecule has 3 rings (SSSR count). The van der Waals surface area contributed by atoms with Gasteiger partial charge in [-0.3, -0.25) is 0 Å². The first-order valence-electron chi connectivity index (χ1n) is 7.60. The van der Waals surface area contributed by atoms with Crippen LogP contribution < -0.4 is 0 Å². The third-order valence-electron chi connectivity index (χ3n) is 4.55. The first kappa shape index (κ1) is 13.6. The van der Waals surface area contributed by atoms with Gasteiger partial charge in [-0.15, -0.1) is 0 Å². The van der Waals surface area contributed by atoms with Gasteiger partial charge in [-0.05, 0) is 18.1 Å². The number of hydrogen-bond donors (Lipinski definition) is 0. The molecule has 0 amide bonds. The molecule has 3 nitrogen and oxygen atoms in total. The molecule has 106 valence electrons. The summed E-state index contributed by atoms with van der Waals surface area (Å²) in [4.78, 5) is 0. The molecule has 20 heavy (non-hydrogen) atoms. The summed E-state index contributed by atoms with van der Waals surface area (Å²) >= 11 is 0. The standard InChI is InChI=1S/C17H21NO2/c18-10-13-6-8-15(9-7-13)17-19-11-16(12-20-17)14-4-2-1-3-5-14/h6-9,14,16-17H,1-5,11-12H2. The zero-order valence-electron chi connectivity index (χ0n) is 11.8. The molecule has 3 heteroatoms. The average Bonchev–Trinajstić information content (AvgIpc) is 2.56. The van der Waals surface area contributed by atoms with Crippen molar-refractivity contribution in [3.05, 3.63) is 35.4 Å². The van der Waals surface area contributed by atoms with Crippen molar-refractivity contribution in [2.24, 2.45) is 11.8 Å². The van der Waals surface area contributed by atoms with Crippen LogP contribution in [0.3, 0.4) is 0 Å². The quantitative estimate of drug-likeness (QED) is 0.821. The van der Waals surface area contributed by atoms with E-state index in [2.05, 4.69) is 6.07 Å². The Bertz CT molecular complexity index is 463. The summed E-state index contributed by atoms with van der Waals surface area (Å²) in [6.07, 6.45) is 6.51. The van der Waals surface area contributed by atoms with Crippen molar-refractivity contribution in [3.8, 4) is 6.07 Å². The molecule has 1 aromatic rings. The second kappa shape index (κ2) is 6.39. The van der Waals surface area contributed by atoms with Crippen molar-refractivity contribution in [1.29, 1.82) is 5.26 Å². The lowest BCUT2D eigenvalue weighted by Crippen LogP contribution is -2.33. The fourth-order valence-electron chi connectivity index (χ4n) is 3.30. The Morgan fingerprint density at radius 3 is 2.15 bits per heavy atom. The largest absolute Gasteiger partial charge is 0.348 e. The zero-order chi connectivity index (χ0) is 13.8. The van der Waals surface area contributed by atoms with E-state index >= 15 is 0 Å². The molecule has 0 radical (unpaired) electrons. The molecule has 1 saturated heterocycles. The fourth-order valence-corrected chi connectivity index (χ4v) is 3.30. The van der Waals surface area contributed by atoms with E-state index in [9.17, 15) is 0 Å². The molecule has 0 spiro atoms. The van der Waals surface area contributed by atoms with Crippen LogP contribution in [0.15, 0.2) is 24.3 Å². The van der Waals surface area contributed by atoms with Crippen LogP contribution in [-0.2, 0) is 9.47 Å². The van der Waals surface area contributed by atoms with Crippen molar-refractivity contribution >= 4 is 0 Å². The first-order chi connectivity index (χ1) is 9.86. The SMILES string of the molecule is N#Cc1ccc(C2OCC(C3CCCCC3)CO2)cc1. The molecule has 0 atom stereocenters. The molecule has 1 saturated carbocycles. The van der Waals surface area contributed by atoms with Gasteiger partial charge in [0, 0.05) is 11.5 Å². The van der Waals surface area contributed by atoms with Gasteiger partial charge >= 0.3 is 0 Å². The summed E-state index contributed by atoms with van der Waals surface area (Å²) in [5.74, 6) is 1.34. The van der Waals surface area contributed by atoms with Crippen LogP contribution in [0.25, 0.3) is 0 Å². The minimum Gasteiger partial charge on any atom is -0.348 e. The molecule has 0 unspecified atom stereocenters. The van der Waals surface area contributed by atoms with Crippen LogP contribution in [0.5, 0.6) is 0 Å². The highest BCUT2D eigenvalue weighted by molar-refractivity contribution is 5.32. The minimum atomic E-state index is -0.261. The highest BCUT2D eigenvalue weighted by Crippen LogP contribution is 2.35. The van der Waals surface area contributed by atoms with Crippen LogP contribution in [0.4, 0.5) is 0 Å². The lowest BCUT2D eigenvalue weighted by atomic mass is 9.80. The van der Waals surface area contributed by atoms with E-state index in [-0.39, 0.29) is 6.29 Å². The first-order valence-corrected chi connectivity index (χ1v) is 7.60. The maximum Gasteiger partial charge on any atom is 0.183 e. The van der Waals surface area contributed by atoms with Crippen LogP contribution >= 0.6 is 0 Å². The number of benzene rings is 1. The highest BCUT2D eigenvalue weighted by Gasteiger charge is 2.30. The van der Waals surface area contributed by atoms with Crippen molar-refractivity contribution in [3.63, 3.8) is 0 Å². The monoisotopic (exact) mass is 271 g/mol. The minimum absolute atomic E-state index is 0.261. The number of hydrogen-bond acceptors (Lipinski definition) is 3. The summed E-state index contributed by atoms with van der Waals surface area (Å²) in [5.41, 5.74) is 1.68. The van der Waals surface area contributed by atoms with Gasteiger partial charge in [0.2, 0.25) is 0 Å². The molecule has 0 N–H and O–H groups in total. The second-order valence-corrected chi connectivity index (χ2v) is 5.89. The smallest absolute Gasteiger partial charge is 0.183 e. The van der Waals surface area contributed by atoms with E-state index in [0.717, 1.165) is 24.7 Å². The Kier molecular flexibility index (Phi) is 4.34. The summed E-state index contributed by atoms with van der Waals surface area (Å²) in [6.45, 7) is 1.60. The van der Waals surface area contributed by atoms with E-state index in [4.69, 9.17) is 14.7 Å². The zero-order valence-corrected chi connectivity index (χ0v) is 11.8. The molecule has 2 aliphatic rings. The molecule has 1 aliphatic heterocycles. The molecule has 1 heterocycles. The molecular weight excluding hydrogens is 250 g/mol. The van der Waals surface area contributed by atoms with Crippen LogP contribution in [0.2, 0.25) is 0 Å². The molecule has 1 aromatic carbocycles. The van der Waals surface area contributed by atoms with Crippen LogP contribution in [-0.4, -0.2) is 13.2 Å². The normalized spacial score (nSPS) is 27.9. The Labute approximate surface area is 120 Å². The van der Waals surface area contributed by atoms with E-state index in [1.807, 2.05) is 24.3 Å². The third-order valence-corrected chi connectivity index (χ3v) is 4.55. The number of nitrogens with zero attached hydrogens (tertiary/aromatic N) is 1. The molecule has 0 bridgehead atoms. The summed E-state index contributed by atoms with van der Waals surface area (Å²) in [6, 6.07) is 9.60. The summed E-state index contributed by atoms with van der Waals surface area (Å²) in [7, 11) is 0. The highest BCUT2D eigenvalue weighted by atomic mass is 16.7. The Hall–Kier alpha value is -1.37. The van der Waals surface area contributed by atoms with Gasteiger partial charge in [0.15, 0.2) is 6.29 Å². The van der Waals surface area contributed by atoms with Crippen LogP contribution in [0.1, 0.15) is 49.5 Å². The molecule has 0 aromatic heterocycles. The predicted octanol–water partition coefficient (Wildman–Crippen LogP) is 3.80. The number of nitriles is 1. The Morgan fingerprint density at radius 1 is 0.900 bits per heavy atom. The Morgan fingerprint density at radius 2 is 1.55 bits per heavy atom. The van der Waals surface area contributed by atoms with Crippen molar-refractivity contribution in [2.75, 3.05) is 13.2 Å². The lowest BCUT2D eigenvalue weighted by molar-refractivity contribution is -0.214. The average molecular weight is 271 g/mol. The molecular formula is C17H21NO2. The van der Waals surface area contributed by atoms with E-state index < -0.39 is 0 Å². The van der Waals surface area contributed by atoms with E-state index in [1.54, 1.807) is 0 Å².